The third-order valence-electron chi connectivity index (χ3n) is 3.04. The first-order chi connectivity index (χ1) is 8.88. The zero-order chi connectivity index (χ0) is 14.2. The maximum absolute atomic E-state index is 12.3. The van der Waals surface area contributed by atoms with Crippen LogP contribution in [0.2, 0.25) is 0 Å². The van der Waals surface area contributed by atoms with Gasteiger partial charge in [0, 0.05) is 28.7 Å². The van der Waals surface area contributed by atoms with Gasteiger partial charge in [0.15, 0.2) is 0 Å². The number of likely N-dealkylation sites (tertiary alicyclic amines) is 1. The van der Waals surface area contributed by atoms with Crippen LogP contribution in [-0.4, -0.2) is 40.5 Å². The summed E-state index contributed by atoms with van der Waals surface area (Å²) in [5.74, 6) is -0.985. The molecule has 1 aromatic carbocycles. The van der Waals surface area contributed by atoms with Crippen molar-refractivity contribution in [3.05, 3.63) is 28.2 Å². The molecule has 2 amide bonds. The van der Waals surface area contributed by atoms with Gasteiger partial charge < -0.3 is 21.5 Å². The van der Waals surface area contributed by atoms with Gasteiger partial charge in [-0.1, -0.05) is 15.9 Å². The van der Waals surface area contributed by atoms with Crippen LogP contribution in [0, 0.1) is 0 Å². The summed E-state index contributed by atoms with van der Waals surface area (Å²) >= 11 is 3.25. The first-order valence-corrected chi connectivity index (χ1v) is 6.52. The van der Waals surface area contributed by atoms with Crippen LogP contribution in [0.3, 0.4) is 0 Å². The van der Waals surface area contributed by atoms with Gasteiger partial charge in [-0.15, -0.1) is 0 Å². The number of hydrogen-bond acceptors (Lipinski definition) is 4. The highest BCUT2D eigenvalue weighted by atomic mass is 79.9. The Kier molecular flexibility index (Phi) is 3.77. The van der Waals surface area contributed by atoms with Gasteiger partial charge in [-0.05, 0) is 18.2 Å². The molecule has 0 bridgehead atoms. The van der Waals surface area contributed by atoms with Crippen molar-refractivity contribution >= 4 is 33.4 Å². The van der Waals surface area contributed by atoms with Crippen LogP contribution in [0.1, 0.15) is 16.8 Å². The minimum atomic E-state index is -0.775. The average Bonchev–Trinajstić information content (AvgIpc) is 2.69. The monoisotopic (exact) mass is 327 g/mol. The Bertz CT molecular complexity index is 515. The van der Waals surface area contributed by atoms with Crippen LogP contribution in [0.25, 0.3) is 0 Å². The molecule has 1 aromatic rings. The van der Waals surface area contributed by atoms with E-state index in [4.69, 9.17) is 11.5 Å². The van der Waals surface area contributed by atoms with E-state index in [-0.39, 0.29) is 18.9 Å². The molecule has 6 nitrogen and oxygen atoms in total. The van der Waals surface area contributed by atoms with Crippen molar-refractivity contribution < 1.29 is 14.7 Å². The molecular weight excluding hydrogens is 314 g/mol. The van der Waals surface area contributed by atoms with E-state index >= 15 is 0 Å². The van der Waals surface area contributed by atoms with E-state index in [0.717, 1.165) is 0 Å². The number of amides is 2. The number of benzene rings is 1. The van der Waals surface area contributed by atoms with Crippen molar-refractivity contribution in [2.24, 2.45) is 5.73 Å². The number of hydrogen-bond donors (Lipinski definition) is 3. The fourth-order valence-electron chi connectivity index (χ4n) is 2.21. The van der Waals surface area contributed by atoms with Gasteiger partial charge in [0.1, 0.15) is 6.04 Å². The number of nitrogen functional groups attached to an aromatic ring is 1. The summed E-state index contributed by atoms with van der Waals surface area (Å²) in [6.45, 7) is 0.0961. The van der Waals surface area contributed by atoms with E-state index in [2.05, 4.69) is 15.9 Å². The quantitative estimate of drug-likeness (QED) is 0.669. The Hall–Kier alpha value is -1.60. The van der Waals surface area contributed by atoms with E-state index in [9.17, 15) is 14.7 Å². The Balaban J connectivity index is 2.30. The first-order valence-electron chi connectivity index (χ1n) is 5.73. The molecule has 2 atom stereocenters. The molecule has 0 aromatic heterocycles. The number of nitrogens with two attached hydrogens (primary N) is 2. The molecule has 0 spiro atoms. The summed E-state index contributed by atoms with van der Waals surface area (Å²) in [6.07, 6.45) is -0.559. The lowest BCUT2D eigenvalue weighted by molar-refractivity contribution is -0.121. The topological polar surface area (TPSA) is 110 Å². The molecule has 102 valence electrons. The lowest BCUT2D eigenvalue weighted by Gasteiger charge is -2.22. The number of aliphatic hydroxyl groups excluding tert-OH is 1. The predicted molar refractivity (Wildman–Crippen MR) is 73.2 cm³/mol. The van der Waals surface area contributed by atoms with Crippen LogP contribution in [0.15, 0.2) is 22.7 Å². The van der Waals surface area contributed by atoms with Crippen LogP contribution >= 0.6 is 15.9 Å². The normalized spacial score (nSPS) is 22.5. The molecule has 0 radical (unpaired) electrons. The molecule has 1 heterocycles. The zero-order valence-electron chi connectivity index (χ0n) is 10.0. The molecule has 2 unspecified atom stereocenters. The van der Waals surface area contributed by atoms with Gasteiger partial charge >= 0.3 is 0 Å². The Morgan fingerprint density at radius 3 is 2.63 bits per heavy atom. The smallest absolute Gasteiger partial charge is 0.254 e. The molecule has 19 heavy (non-hydrogen) atoms. The van der Waals surface area contributed by atoms with E-state index in [0.29, 0.717) is 15.7 Å². The van der Waals surface area contributed by atoms with Crippen LogP contribution in [0.4, 0.5) is 5.69 Å². The summed E-state index contributed by atoms with van der Waals surface area (Å²) in [7, 11) is 0. The fraction of sp³-hybridized carbons (Fsp3) is 0.333. The third-order valence-corrected chi connectivity index (χ3v) is 3.49. The maximum atomic E-state index is 12.3. The lowest BCUT2D eigenvalue weighted by atomic mass is 10.1. The van der Waals surface area contributed by atoms with E-state index in [1.807, 2.05) is 0 Å². The lowest BCUT2D eigenvalue weighted by Crippen LogP contribution is -2.43. The Labute approximate surface area is 118 Å². The summed E-state index contributed by atoms with van der Waals surface area (Å²) in [4.78, 5) is 24.9. The van der Waals surface area contributed by atoms with Crippen molar-refractivity contribution in [1.82, 2.24) is 4.90 Å². The van der Waals surface area contributed by atoms with Gasteiger partial charge in [-0.2, -0.15) is 0 Å². The molecule has 2 rings (SSSR count). The molecule has 1 fully saturated rings. The second-order valence-corrected chi connectivity index (χ2v) is 5.45. The molecule has 0 aliphatic carbocycles. The summed E-state index contributed by atoms with van der Waals surface area (Å²) < 4.78 is 0.672. The number of aliphatic hydroxyl groups is 1. The number of halogens is 1. The minimum Gasteiger partial charge on any atom is -0.399 e. The van der Waals surface area contributed by atoms with Crippen molar-refractivity contribution in [2.45, 2.75) is 18.6 Å². The van der Waals surface area contributed by atoms with E-state index < -0.39 is 18.1 Å². The standard InChI is InChI=1S/C12H14BrN3O3/c13-7-1-6(2-8(14)3-7)12(19)16-5-9(17)4-10(16)11(15)18/h1-3,9-10,17H,4-5,14H2,(H2,15,18). The molecule has 1 aliphatic heterocycles. The number of primary amides is 1. The van der Waals surface area contributed by atoms with Gasteiger partial charge in [0.05, 0.1) is 6.10 Å². The van der Waals surface area contributed by atoms with Gasteiger partial charge in [0.25, 0.3) is 5.91 Å². The predicted octanol–water partition coefficient (Wildman–Crippen LogP) is 0.0920. The SMILES string of the molecule is NC(=O)C1CC(O)CN1C(=O)c1cc(N)cc(Br)c1. The number of anilines is 1. The van der Waals surface area contributed by atoms with Crippen molar-refractivity contribution in [2.75, 3.05) is 12.3 Å². The van der Waals surface area contributed by atoms with Crippen molar-refractivity contribution in [3.63, 3.8) is 0 Å². The first kappa shape index (κ1) is 13.8. The van der Waals surface area contributed by atoms with Crippen LogP contribution < -0.4 is 11.5 Å². The van der Waals surface area contributed by atoms with Gasteiger partial charge in [0.2, 0.25) is 5.91 Å². The summed E-state index contributed by atoms with van der Waals surface area (Å²) in [5, 5.41) is 9.59. The second-order valence-electron chi connectivity index (χ2n) is 4.54. The van der Waals surface area contributed by atoms with Gasteiger partial charge in [-0.25, -0.2) is 0 Å². The number of nitrogens with zero attached hydrogens (tertiary/aromatic N) is 1. The van der Waals surface area contributed by atoms with Crippen LogP contribution in [0.5, 0.6) is 0 Å². The summed E-state index contributed by atoms with van der Waals surface area (Å²) in [6, 6.07) is 4.03. The Morgan fingerprint density at radius 2 is 2.05 bits per heavy atom. The van der Waals surface area contributed by atoms with Gasteiger partial charge in [-0.3, -0.25) is 9.59 Å². The number of carbonyl (C=O) groups is 2. The number of β-amino-alcohol motifs (C(OH)–C–C–N with tert-alkyl or cyclic N) is 1. The fourth-order valence-corrected chi connectivity index (χ4v) is 2.72. The van der Waals surface area contributed by atoms with E-state index in [1.165, 1.54) is 11.0 Å². The van der Waals surface area contributed by atoms with Crippen molar-refractivity contribution in [1.29, 1.82) is 0 Å². The molecule has 5 N–H and O–H groups in total. The highest BCUT2D eigenvalue weighted by molar-refractivity contribution is 9.10. The maximum Gasteiger partial charge on any atom is 0.254 e. The highest BCUT2D eigenvalue weighted by Gasteiger charge is 2.38. The van der Waals surface area contributed by atoms with Crippen molar-refractivity contribution in [3.8, 4) is 0 Å². The minimum absolute atomic E-state index is 0.0961. The molecule has 1 saturated heterocycles. The zero-order valence-corrected chi connectivity index (χ0v) is 11.6. The number of carbonyl (C=O) groups excluding carboxylic acids is 2. The molecule has 0 saturated carbocycles. The van der Waals surface area contributed by atoms with Crippen LogP contribution in [-0.2, 0) is 4.79 Å². The summed E-state index contributed by atoms with van der Waals surface area (Å²) in [5.41, 5.74) is 11.7. The molecular formula is C12H14BrN3O3. The molecule has 1 aliphatic rings. The molecule has 7 heteroatoms. The largest absolute Gasteiger partial charge is 0.399 e. The highest BCUT2D eigenvalue weighted by Crippen LogP contribution is 2.23. The average molecular weight is 328 g/mol. The van der Waals surface area contributed by atoms with E-state index in [1.54, 1.807) is 12.1 Å². The Morgan fingerprint density at radius 1 is 1.37 bits per heavy atom. The second kappa shape index (κ2) is 5.18. The third kappa shape index (κ3) is 2.87. The number of rotatable bonds is 2.